The monoisotopic (exact) mass is 262 g/mol. The Kier molecular flexibility index (Phi) is 4.79. The minimum absolute atomic E-state index is 0.109. The van der Waals surface area contributed by atoms with Gasteiger partial charge in [-0.3, -0.25) is 0 Å². The Morgan fingerprint density at radius 3 is 2.19 bits per heavy atom. The highest BCUT2D eigenvalue weighted by atomic mass is 32.2. The van der Waals surface area contributed by atoms with Crippen molar-refractivity contribution in [2.45, 2.75) is 18.9 Å². The number of alkyl halides is 3. The highest BCUT2D eigenvalue weighted by molar-refractivity contribution is 7.87. The van der Waals surface area contributed by atoms with E-state index in [0.717, 1.165) is 13.2 Å². The molecular weight excluding hydrogens is 253 g/mol. The van der Waals surface area contributed by atoms with Crippen molar-refractivity contribution in [3.63, 3.8) is 0 Å². The third-order valence-electron chi connectivity index (χ3n) is 1.26. The summed E-state index contributed by atoms with van der Waals surface area (Å²) in [5, 5.41) is 0. The summed E-state index contributed by atoms with van der Waals surface area (Å²) in [6.45, 7) is 1.48. The first-order valence-corrected chi connectivity index (χ1v) is 5.35. The first-order valence-electron chi connectivity index (χ1n) is 3.95. The zero-order valence-corrected chi connectivity index (χ0v) is 9.18. The average Bonchev–Trinajstić information content (AvgIpc) is 2.14. The van der Waals surface area contributed by atoms with Crippen LogP contribution >= 0.6 is 0 Å². The van der Waals surface area contributed by atoms with Crippen molar-refractivity contribution in [1.82, 2.24) is 0 Å². The highest BCUT2D eigenvalue weighted by Gasteiger charge is 2.49. The molecule has 0 aliphatic carbocycles. The van der Waals surface area contributed by atoms with Crippen molar-refractivity contribution >= 4 is 16.1 Å². The lowest BCUT2D eigenvalue weighted by atomic mass is 10.4. The van der Waals surface area contributed by atoms with E-state index in [4.69, 9.17) is 0 Å². The van der Waals surface area contributed by atoms with Gasteiger partial charge in [-0.2, -0.15) is 21.6 Å². The molecule has 0 bridgehead atoms. The Balaban J connectivity index is 5.08. The van der Waals surface area contributed by atoms with Crippen LogP contribution in [0, 0.1) is 0 Å². The molecule has 16 heavy (non-hydrogen) atoms. The van der Waals surface area contributed by atoms with Crippen LogP contribution in [0.25, 0.3) is 0 Å². The molecule has 0 rings (SSSR count). The molecule has 0 fully saturated rings. The van der Waals surface area contributed by atoms with Crippen LogP contribution < -0.4 is 0 Å². The average molecular weight is 262 g/mol. The molecule has 0 amide bonds. The van der Waals surface area contributed by atoms with Gasteiger partial charge >= 0.3 is 21.6 Å². The molecule has 5 nitrogen and oxygen atoms in total. The predicted molar refractivity (Wildman–Crippen MR) is 46.4 cm³/mol. The fourth-order valence-corrected chi connectivity index (χ4v) is 1.07. The van der Waals surface area contributed by atoms with Crippen LogP contribution in [0.2, 0.25) is 0 Å². The van der Waals surface area contributed by atoms with Crippen molar-refractivity contribution in [1.29, 1.82) is 0 Å². The van der Waals surface area contributed by atoms with E-state index in [2.05, 4.69) is 8.92 Å². The van der Waals surface area contributed by atoms with E-state index in [1.165, 1.54) is 6.92 Å². The van der Waals surface area contributed by atoms with E-state index in [1.807, 2.05) is 0 Å². The topological polar surface area (TPSA) is 69.7 Å². The van der Waals surface area contributed by atoms with Gasteiger partial charge in [0.15, 0.2) is 0 Å². The summed E-state index contributed by atoms with van der Waals surface area (Å²) in [5.74, 6) is -2.31. The van der Waals surface area contributed by atoms with E-state index in [-0.39, 0.29) is 6.42 Å². The van der Waals surface area contributed by atoms with Crippen LogP contribution in [0.3, 0.4) is 0 Å². The van der Waals surface area contributed by atoms with Crippen molar-refractivity contribution in [2.75, 3.05) is 7.11 Å². The molecule has 0 spiro atoms. The SMILES string of the molecule is CC/C=C(\OS(=O)(=O)C(F)(F)F)C(=O)OC. The number of allylic oxidation sites excluding steroid dienone is 1. The van der Waals surface area contributed by atoms with Gasteiger partial charge in [0.2, 0.25) is 5.76 Å². The van der Waals surface area contributed by atoms with Crippen LogP contribution in [0.15, 0.2) is 11.8 Å². The number of carbonyl (C=O) groups excluding carboxylic acids is 1. The molecule has 0 aromatic rings. The molecule has 0 saturated carbocycles. The second kappa shape index (κ2) is 5.19. The van der Waals surface area contributed by atoms with Crippen LogP contribution in [-0.4, -0.2) is 27.0 Å². The molecule has 0 N–H and O–H groups in total. The van der Waals surface area contributed by atoms with Gasteiger partial charge in [-0.15, -0.1) is 0 Å². The van der Waals surface area contributed by atoms with Gasteiger partial charge in [0.25, 0.3) is 0 Å². The normalized spacial score (nSPS) is 13.4. The van der Waals surface area contributed by atoms with E-state index in [0.29, 0.717) is 0 Å². The van der Waals surface area contributed by atoms with E-state index in [1.54, 1.807) is 0 Å². The molecule has 0 radical (unpaired) electrons. The number of methoxy groups -OCH3 is 1. The first-order chi connectivity index (χ1) is 7.15. The quantitative estimate of drug-likeness (QED) is 0.251. The summed E-state index contributed by atoms with van der Waals surface area (Å²) in [4.78, 5) is 10.9. The minimum Gasteiger partial charge on any atom is -0.463 e. The van der Waals surface area contributed by atoms with Crippen LogP contribution in [-0.2, 0) is 23.8 Å². The van der Waals surface area contributed by atoms with E-state index < -0.39 is 27.4 Å². The van der Waals surface area contributed by atoms with Crippen molar-refractivity contribution in [3.8, 4) is 0 Å². The number of esters is 1. The Bertz CT molecular complexity index is 381. The van der Waals surface area contributed by atoms with Crippen LogP contribution in [0.4, 0.5) is 13.2 Å². The zero-order valence-electron chi connectivity index (χ0n) is 8.37. The third kappa shape index (κ3) is 3.72. The molecule has 0 saturated heterocycles. The minimum atomic E-state index is -5.84. The second-order valence-electron chi connectivity index (χ2n) is 2.45. The Labute approximate surface area is 90.0 Å². The number of hydrogen-bond acceptors (Lipinski definition) is 5. The summed E-state index contributed by atoms with van der Waals surface area (Å²) in [7, 11) is -4.96. The molecule has 94 valence electrons. The van der Waals surface area contributed by atoms with Crippen molar-refractivity contribution in [3.05, 3.63) is 11.8 Å². The lowest BCUT2D eigenvalue weighted by Gasteiger charge is -2.10. The van der Waals surface area contributed by atoms with Crippen molar-refractivity contribution < 1.29 is 35.3 Å². The van der Waals surface area contributed by atoms with Crippen LogP contribution in [0.5, 0.6) is 0 Å². The summed E-state index contributed by atoms with van der Waals surface area (Å²) in [5.41, 5.74) is -5.59. The molecule has 0 aliphatic heterocycles. The van der Waals surface area contributed by atoms with E-state index in [9.17, 15) is 26.4 Å². The standard InChI is InChI=1S/C7H9F3O5S/c1-3-4-5(6(11)14-2)15-16(12,13)7(8,9)10/h4H,3H2,1-2H3/b5-4-. The van der Waals surface area contributed by atoms with Gasteiger partial charge in [-0.1, -0.05) is 6.92 Å². The maximum Gasteiger partial charge on any atom is 0.534 e. The first kappa shape index (κ1) is 14.8. The largest absolute Gasteiger partial charge is 0.534 e. The molecule has 9 heteroatoms. The maximum absolute atomic E-state index is 11.9. The Morgan fingerprint density at radius 2 is 1.88 bits per heavy atom. The fourth-order valence-electron chi connectivity index (χ4n) is 0.603. The zero-order chi connectivity index (χ0) is 13.0. The smallest absolute Gasteiger partial charge is 0.463 e. The molecule has 0 unspecified atom stereocenters. The summed E-state index contributed by atoms with van der Waals surface area (Å²) < 4.78 is 64.5. The molecule has 0 heterocycles. The van der Waals surface area contributed by atoms with E-state index >= 15 is 0 Å². The van der Waals surface area contributed by atoms with Crippen LogP contribution in [0.1, 0.15) is 13.3 Å². The lowest BCUT2D eigenvalue weighted by molar-refractivity contribution is -0.138. The Hall–Kier alpha value is -1.25. The molecule has 0 aromatic heterocycles. The number of hydrogen-bond donors (Lipinski definition) is 0. The van der Waals surface area contributed by atoms with Gasteiger partial charge < -0.3 is 8.92 Å². The van der Waals surface area contributed by atoms with Gasteiger partial charge in [0.1, 0.15) is 0 Å². The second-order valence-corrected chi connectivity index (χ2v) is 3.99. The van der Waals surface area contributed by atoms with Gasteiger partial charge in [-0.25, -0.2) is 4.79 Å². The summed E-state index contributed by atoms with van der Waals surface area (Å²) in [6, 6.07) is 0. The highest BCUT2D eigenvalue weighted by Crippen LogP contribution is 2.26. The Morgan fingerprint density at radius 1 is 1.38 bits per heavy atom. The lowest BCUT2D eigenvalue weighted by Crippen LogP contribution is -2.27. The van der Waals surface area contributed by atoms with Gasteiger partial charge in [0.05, 0.1) is 7.11 Å². The van der Waals surface area contributed by atoms with Gasteiger partial charge in [-0.05, 0) is 12.5 Å². The summed E-state index contributed by atoms with van der Waals surface area (Å²) >= 11 is 0. The maximum atomic E-state index is 11.9. The third-order valence-corrected chi connectivity index (χ3v) is 2.22. The molecule has 0 atom stereocenters. The number of rotatable bonds is 4. The molecule has 0 aliphatic rings. The van der Waals surface area contributed by atoms with Gasteiger partial charge in [0, 0.05) is 0 Å². The molecule has 0 aromatic carbocycles. The number of halogens is 3. The fraction of sp³-hybridized carbons (Fsp3) is 0.571. The van der Waals surface area contributed by atoms with Crippen molar-refractivity contribution in [2.24, 2.45) is 0 Å². The summed E-state index contributed by atoms with van der Waals surface area (Å²) in [6.07, 6.45) is 0.979. The molecular formula is C7H9F3O5S. The predicted octanol–water partition coefficient (Wildman–Crippen LogP) is 1.32. The number of carbonyl (C=O) groups is 1. The number of ether oxygens (including phenoxy) is 1.